The summed E-state index contributed by atoms with van der Waals surface area (Å²) in [6.45, 7) is 0. The summed E-state index contributed by atoms with van der Waals surface area (Å²) in [4.78, 5) is 4.70. The van der Waals surface area contributed by atoms with Gasteiger partial charge in [-0.3, -0.25) is 14.1 Å². The quantitative estimate of drug-likeness (QED) is 0.200. The molecule has 0 saturated heterocycles. The highest BCUT2D eigenvalue weighted by molar-refractivity contribution is 7.25. The molecule has 4 aromatic heterocycles. The summed E-state index contributed by atoms with van der Waals surface area (Å²) < 4.78 is 7.52. The molecule has 3 nitrogen and oxygen atoms in total. The van der Waals surface area contributed by atoms with E-state index in [0.717, 1.165) is 27.9 Å². The third-order valence-electron chi connectivity index (χ3n) is 9.16. The molecular formula is C41H25N3S. The van der Waals surface area contributed by atoms with Crippen molar-refractivity contribution < 1.29 is 0 Å². The molecule has 0 fully saturated rings. The van der Waals surface area contributed by atoms with Crippen molar-refractivity contribution in [3.8, 4) is 22.5 Å². The molecule has 10 aromatic rings. The SMILES string of the molecule is c1ccc(-n2c3ccc(-c4ccc5c(c4)sc4ccccc45)cc3c3c4ccccc4n(-c4ccnc5ccccc45)c32)cc1. The van der Waals surface area contributed by atoms with Crippen LogP contribution >= 0.6 is 11.3 Å². The lowest BCUT2D eigenvalue weighted by atomic mass is 10.0. The molecular weight excluding hydrogens is 567 g/mol. The number of hydrogen-bond acceptors (Lipinski definition) is 2. The van der Waals surface area contributed by atoms with Crippen LogP contribution in [0.1, 0.15) is 0 Å². The Labute approximate surface area is 262 Å². The van der Waals surface area contributed by atoms with Gasteiger partial charge in [-0.15, -0.1) is 11.3 Å². The molecule has 0 unspecified atom stereocenters. The topological polar surface area (TPSA) is 22.8 Å². The average Bonchev–Trinajstić information content (AvgIpc) is 3.75. The summed E-state index contributed by atoms with van der Waals surface area (Å²) in [5.41, 5.74) is 9.24. The van der Waals surface area contributed by atoms with Crippen molar-refractivity contribution in [3.05, 3.63) is 152 Å². The van der Waals surface area contributed by atoms with Crippen molar-refractivity contribution >= 4 is 75.3 Å². The van der Waals surface area contributed by atoms with Crippen LogP contribution in [0.5, 0.6) is 0 Å². The summed E-state index contributed by atoms with van der Waals surface area (Å²) in [5, 5.41) is 7.53. The number of rotatable bonds is 3. The van der Waals surface area contributed by atoms with E-state index >= 15 is 0 Å². The Morgan fingerprint density at radius 3 is 2.07 bits per heavy atom. The second-order valence-electron chi connectivity index (χ2n) is 11.6. The van der Waals surface area contributed by atoms with E-state index in [1.54, 1.807) is 0 Å². The van der Waals surface area contributed by atoms with Gasteiger partial charge in [-0.1, -0.05) is 91.0 Å². The van der Waals surface area contributed by atoms with Gasteiger partial charge in [-0.25, -0.2) is 0 Å². The summed E-state index contributed by atoms with van der Waals surface area (Å²) in [6, 6.07) is 52.7. The van der Waals surface area contributed by atoms with E-state index in [4.69, 9.17) is 4.98 Å². The number of thiophene rings is 1. The second kappa shape index (κ2) is 9.39. The molecule has 0 bridgehead atoms. The van der Waals surface area contributed by atoms with Crippen LogP contribution in [0, 0.1) is 0 Å². The van der Waals surface area contributed by atoms with E-state index in [9.17, 15) is 0 Å². The van der Waals surface area contributed by atoms with Gasteiger partial charge in [0.1, 0.15) is 5.65 Å². The molecule has 0 aliphatic carbocycles. The fraction of sp³-hybridized carbons (Fsp3) is 0. The van der Waals surface area contributed by atoms with Crippen molar-refractivity contribution in [3.63, 3.8) is 0 Å². The molecule has 210 valence electrons. The number of pyridine rings is 1. The zero-order valence-electron chi connectivity index (χ0n) is 24.2. The minimum Gasteiger partial charge on any atom is -0.295 e. The number of aromatic nitrogens is 3. The summed E-state index contributed by atoms with van der Waals surface area (Å²) in [5.74, 6) is 0. The molecule has 4 heteroatoms. The monoisotopic (exact) mass is 591 g/mol. The van der Waals surface area contributed by atoms with Gasteiger partial charge in [-0.05, 0) is 65.7 Å². The number of hydrogen-bond donors (Lipinski definition) is 0. The van der Waals surface area contributed by atoms with Crippen LogP contribution in [-0.4, -0.2) is 14.1 Å². The van der Waals surface area contributed by atoms with Crippen LogP contribution in [0.15, 0.2) is 152 Å². The van der Waals surface area contributed by atoms with Gasteiger partial charge in [0.25, 0.3) is 0 Å². The first-order chi connectivity index (χ1) is 22.3. The molecule has 0 atom stereocenters. The first-order valence-corrected chi connectivity index (χ1v) is 16.0. The van der Waals surface area contributed by atoms with E-state index in [2.05, 4.69) is 155 Å². The first kappa shape index (κ1) is 24.7. The van der Waals surface area contributed by atoms with Gasteiger partial charge >= 0.3 is 0 Å². The van der Waals surface area contributed by atoms with Crippen LogP contribution in [0.25, 0.3) is 86.4 Å². The Morgan fingerprint density at radius 2 is 1.16 bits per heavy atom. The van der Waals surface area contributed by atoms with Crippen molar-refractivity contribution in [2.24, 2.45) is 0 Å². The molecule has 45 heavy (non-hydrogen) atoms. The van der Waals surface area contributed by atoms with Gasteiger partial charge in [0.15, 0.2) is 0 Å². The van der Waals surface area contributed by atoms with E-state index in [-0.39, 0.29) is 0 Å². The molecule has 10 rings (SSSR count). The van der Waals surface area contributed by atoms with Gasteiger partial charge in [0.05, 0.1) is 22.2 Å². The van der Waals surface area contributed by atoms with Gasteiger partial charge in [0.2, 0.25) is 0 Å². The van der Waals surface area contributed by atoms with Gasteiger partial charge < -0.3 is 0 Å². The van der Waals surface area contributed by atoms with E-state index in [1.165, 1.54) is 58.5 Å². The van der Waals surface area contributed by atoms with Crippen molar-refractivity contribution in [2.45, 2.75) is 0 Å². The molecule has 0 N–H and O–H groups in total. The highest BCUT2D eigenvalue weighted by atomic mass is 32.1. The fourth-order valence-electron chi connectivity index (χ4n) is 7.19. The summed E-state index contributed by atoms with van der Waals surface area (Å²) in [7, 11) is 0. The molecule has 0 aliphatic heterocycles. The minimum absolute atomic E-state index is 0.988. The summed E-state index contributed by atoms with van der Waals surface area (Å²) in [6.07, 6.45) is 1.93. The van der Waals surface area contributed by atoms with Gasteiger partial charge in [-0.2, -0.15) is 0 Å². The Kier molecular flexibility index (Phi) is 5.16. The van der Waals surface area contributed by atoms with Crippen molar-refractivity contribution in [1.29, 1.82) is 0 Å². The van der Waals surface area contributed by atoms with Crippen molar-refractivity contribution in [2.75, 3.05) is 0 Å². The third-order valence-corrected chi connectivity index (χ3v) is 10.3. The zero-order valence-corrected chi connectivity index (χ0v) is 25.0. The molecule has 0 aliphatic rings. The van der Waals surface area contributed by atoms with Crippen molar-refractivity contribution in [1.82, 2.24) is 14.1 Å². The molecule has 0 amide bonds. The number of benzene rings is 6. The standard InChI is InChI=1S/C41H25N3S/c1-2-10-28(11-3-1)43-36-21-19-26(27-18-20-30-29-12-6-9-17-38(29)45-39(30)25-27)24-33(36)40-32-14-5-8-16-35(32)44(41(40)43)37-22-23-42-34-15-7-4-13-31(34)37/h1-25H. The largest absolute Gasteiger partial charge is 0.295 e. The Morgan fingerprint density at radius 1 is 0.467 bits per heavy atom. The van der Waals surface area contributed by atoms with Gasteiger partial charge in [0, 0.05) is 53.6 Å². The Bertz CT molecular complexity index is 2760. The first-order valence-electron chi connectivity index (χ1n) is 15.2. The van der Waals surface area contributed by atoms with E-state index in [1.807, 2.05) is 17.5 Å². The van der Waals surface area contributed by atoms with Crippen LogP contribution < -0.4 is 0 Å². The Balaban J connectivity index is 1.32. The predicted molar refractivity (Wildman–Crippen MR) is 191 cm³/mol. The zero-order chi connectivity index (χ0) is 29.5. The minimum atomic E-state index is 0.988. The molecule has 6 aromatic carbocycles. The third kappa shape index (κ3) is 3.54. The summed E-state index contributed by atoms with van der Waals surface area (Å²) >= 11 is 1.87. The maximum Gasteiger partial charge on any atom is 0.131 e. The number of fused-ring (bicyclic) bond motifs is 9. The van der Waals surface area contributed by atoms with E-state index in [0.29, 0.717) is 0 Å². The fourth-order valence-corrected chi connectivity index (χ4v) is 8.34. The second-order valence-corrected chi connectivity index (χ2v) is 12.7. The Hall–Kier alpha value is -5.71. The predicted octanol–water partition coefficient (Wildman–Crippen LogP) is 11.3. The normalized spacial score (nSPS) is 12.0. The van der Waals surface area contributed by atoms with Crippen LogP contribution in [0.4, 0.5) is 0 Å². The lowest BCUT2D eigenvalue weighted by Crippen LogP contribution is -2.02. The highest BCUT2D eigenvalue weighted by Gasteiger charge is 2.23. The molecule has 0 spiro atoms. The average molecular weight is 592 g/mol. The number of para-hydroxylation sites is 3. The van der Waals surface area contributed by atoms with Crippen LogP contribution in [0.3, 0.4) is 0 Å². The van der Waals surface area contributed by atoms with Crippen LogP contribution in [0.2, 0.25) is 0 Å². The molecule has 4 heterocycles. The highest BCUT2D eigenvalue weighted by Crippen LogP contribution is 2.43. The smallest absolute Gasteiger partial charge is 0.131 e. The van der Waals surface area contributed by atoms with E-state index < -0.39 is 0 Å². The van der Waals surface area contributed by atoms with Crippen LogP contribution in [-0.2, 0) is 0 Å². The lowest BCUT2D eigenvalue weighted by Gasteiger charge is -2.14. The lowest BCUT2D eigenvalue weighted by molar-refractivity contribution is 1.07. The maximum atomic E-state index is 4.70. The molecule has 0 radical (unpaired) electrons. The maximum absolute atomic E-state index is 4.70. The number of nitrogens with zero attached hydrogens (tertiary/aromatic N) is 3. The molecule has 0 saturated carbocycles.